The molecular weight excluding hydrogens is 327 g/mol. The van der Waals surface area contributed by atoms with Gasteiger partial charge in [-0.25, -0.2) is 4.39 Å². The highest BCUT2D eigenvalue weighted by atomic mass is 79.9. The summed E-state index contributed by atoms with van der Waals surface area (Å²) >= 11 is 3.23. The van der Waals surface area contributed by atoms with Gasteiger partial charge >= 0.3 is 0 Å². The molecular formula is C15H20BrFO3. The summed E-state index contributed by atoms with van der Waals surface area (Å²) in [4.78, 5) is 0. The number of aliphatic hydroxyl groups excluding tert-OH is 1. The molecule has 1 atom stereocenters. The molecule has 1 aromatic rings. The van der Waals surface area contributed by atoms with Crippen molar-refractivity contribution < 1.29 is 19.0 Å². The van der Waals surface area contributed by atoms with Gasteiger partial charge in [-0.1, -0.05) is 22.0 Å². The largest absolute Gasteiger partial charge is 0.390 e. The summed E-state index contributed by atoms with van der Waals surface area (Å²) < 4.78 is 25.7. The number of hydrogen-bond donors (Lipinski definition) is 1. The number of ether oxygens (including phenoxy) is 2. The zero-order valence-electron chi connectivity index (χ0n) is 11.6. The maximum Gasteiger partial charge on any atom is 0.127 e. The smallest absolute Gasteiger partial charge is 0.127 e. The minimum atomic E-state index is -0.734. The highest BCUT2D eigenvalue weighted by molar-refractivity contribution is 9.10. The lowest BCUT2D eigenvalue weighted by atomic mass is 9.84. The molecule has 1 saturated heterocycles. The van der Waals surface area contributed by atoms with E-state index in [2.05, 4.69) is 15.9 Å². The van der Waals surface area contributed by atoms with Gasteiger partial charge in [-0.15, -0.1) is 0 Å². The number of benzene rings is 1. The van der Waals surface area contributed by atoms with Crippen molar-refractivity contribution in [3.05, 3.63) is 34.1 Å². The predicted octanol–water partition coefficient (Wildman–Crippen LogP) is 3.08. The Morgan fingerprint density at radius 2 is 2.15 bits per heavy atom. The van der Waals surface area contributed by atoms with Gasteiger partial charge in [0.25, 0.3) is 0 Å². The van der Waals surface area contributed by atoms with E-state index < -0.39 is 11.7 Å². The van der Waals surface area contributed by atoms with E-state index in [4.69, 9.17) is 9.47 Å². The predicted molar refractivity (Wildman–Crippen MR) is 78.2 cm³/mol. The Kier molecular flexibility index (Phi) is 5.55. The molecule has 0 radical (unpaired) electrons. The maximum absolute atomic E-state index is 13.9. The van der Waals surface area contributed by atoms with Gasteiger partial charge in [0, 0.05) is 43.6 Å². The zero-order chi connectivity index (χ0) is 14.6. The van der Waals surface area contributed by atoms with Crippen molar-refractivity contribution in [3.8, 4) is 0 Å². The van der Waals surface area contributed by atoms with Crippen molar-refractivity contribution >= 4 is 15.9 Å². The quantitative estimate of drug-likeness (QED) is 0.890. The van der Waals surface area contributed by atoms with Crippen LogP contribution in [0.4, 0.5) is 4.39 Å². The highest BCUT2D eigenvalue weighted by Gasteiger charge is 2.40. The van der Waals surface area contributed by atoms with Gasteiger partial charge in [0.15, 0.2) is 0 Å². The second kappa shape index (κ2) is 6.98. The molecule has 1 N–H and O–H groups in total. The van der Waals surface area contributed by atoms with Crippen LogP contribution < -0.4 is 0 Å². The van der Waals surface area contributed by atoms with Crippen molar-refractivity contribution in [1.82, 2.24) is 0 Å². The SMILES string of the molecule is CCOC1(C(O)Cc2ccc(Br)cc2F)CCOCC1. The van der Waals surface area contributed by atoms with E-state index in [1.54, 1.807) is 12.1 Å². The summed E-state index contributed by atoms with van der Waals surface area (Å²) in [6.45, 7) is 3.57. The first-order chi connectivity index (χ1) is 9.57. The number of hydrogen-bond acceptors (Lipinski definition) is 3. The fourth-order valence-corrected chi connectivity index (χ4v) is 2.99. The molecule has 5 heteroatoms. The average molecular weight is 347 g/mol. The molecule has 0 spiro atoms. The lowest BCUT2D eigenvalue weighted by Crippen LogP contribution is -2.50. The van der Waals surface area contributed by atoms with Gasteiger partial charge < -0.3 is 14.6 Å². The van der Waals surface area contributed by atoms with Crippen molar-refractivity contribution in [2.45, 2.75) is 37.9 Å². The molecule has 0 aromatic heterocycles. The molecule has 1 aliphatic rings. The highest BCUT2D eigenvalue weighted by Crippen LogP contribution is 2.31. The first-order valence-corrected chi connectivity index (χ1v) is 7.70. The zero-order valence-corrected chi connectivity index (χ0v) is 13.2. The molecule has 0 bridgehead atoms. The second-order valence-corrected chi connectivity index (χ2v) is 5.98. The van der Waals surface area contributed by atoms with Crippen molar-refractivity contribution in [2.24, 2.45) is 0 Å². The molecule has 1 heterocycles. The third-order valence-electron chi connectivity index (χ3n) is 3.81. The molecule has 1 fully saturated rings. The third kappa shape index (κ3) is 3.58. The Morgan fingerprint density at radius 3 is 2.75 bits per heavy atom. The number of aliphatic hydroxyl groups is 1. The molecule has 1 unspecified atom stereocenters. The molecule has 0 saturated carbocycles. The molecule has 112 valence electrons. The van der Waals surface area contributed by atoms with Gasteiger partial charge in [0.05, 0.1) is 11.7 Å². The Morgan fingerprint density at radius 1 is 1.45 bits per heavy atom. The van der Waals surface area contributed by atoms with E-state index in [9.17, 15) is 9.50 Å². The van der Waals surface area contributed by atoms with Crippen LogP contribution in [0.1, 0.15) is 25.3 Å². The van der Waals surface area contributed by atoms with Crippen LogP contribution in [0.15, 0.2) is 22.7 Å². The summed E-state index contributed by atoms with van der Waals surface area (Å²) in [6.07, 6.45) is 0.793. The van der Waals surface area contributed by atoms with E-state index in [0.717, 1.165) is 0 Å². The maximum atomic E-state index is 13.9. The molecule has 2 rings (SSSR count). The molecule has 20 heavy (non-hydrogen) atoms. The molecule has 0 amide bonds. The minimum absolute atomic E-state index is 0.249. The normalized spacial score (nSPS) is 19.8. The van der Waals surface area contributed by atoms with E-state index in [-0.39, 0.29) is 12.2 Å². The van der Waals surface area contributed by atoms with Gasteiger partial charge in [0.2, 0.25) is 0 Å². The van der Waals surface area contributed by atoms with Crippen LogP contribution >= 0.6 is 15.9 Å². The van der Waals surface area contributed by atoms with Crippen molar-refractivity contribution in [3.63, 3.8) is 0 Å². The Balaban J connectivity index is 2.13. The third-order valence-corrected chi connectivity index (χ3v) is 4.30. The summed E-state index contributed by atoms with van der Waals surface area (Å²) in [6, 6.07) is 4.89. The number of rotatable bonds is 5. The van der Waals surface area contributed by atoms with Crippen LogP contribution in [-0.4, -0.2) is 36.6 Å². The summed E-state index contributed by atoms with van der Waals surface area (Å²) in [5.74, 6) is -0.308. The van der Waals surface area contributed by atoms with Gasteiger partial charge in [0.1, 0.15) is 5.82 Å². The van der Waals surface area contributed by atoms with E-state index >= 15 is 0 Å². The molecule has 3 nitrogen and oxygen atoms in total. The second-order valence-electron chi connectivity index (χ2n) is 5.07. The molecule has 0 aliphatic carbocycles. The fraction of sp³-hybridized carbons (Fsp3) is 0.600. The van der Waals surface area contributed by atoms with Crippen LogP contribution in [-0.2, 0) is 15.9 Å². The molecule has 1 aromatic carbocycles. The fourth-order valence-electron chi connectivity index (χ4n) is 2.66. The Labute approximate surface area is 127 Å². The van der Waals surface area contributed by atoms with Gasteiger partial charge in [-0.3, -0.25) is 0 Å². The first-order valence-electron chi connectivity index (χ1n) is 6.91. The van der Waals surface area contributed by atoms with Crippen molar-refractivity contribution in [1.29, 1.82) is 0 Å². The lowest BCUT2D eigenvalue weighted by Gasteiger charge is -2.40. The summed E-state index contributed by atoms with van der Waals surface area (Å²) in [5.41, 5.74) is -0.113. The van der Waals surface area contributed by atoms with E-state index in [1.807, 2.05) is 6.92 Å². The van der Waals surface area contributed by atoms with Crippen LogP contribution in [0.5, 0.6) is 0 Å². The Hall–Kier alpha value is -0.490. The van der Waals surface area contributed by atoms with Gasteiger partial charge in [-0.2, -0.15) is 0 Å². The summed E-state index contributed by atoms with van der Waals surface area (Å²) in [7, 11) is 0. The van der Waals surface area contributed by atoms with Crippen LogP contribution in [0.3, 0.4) is 0 Å². The first kappa shape index (κ1) is 15.9. The summed E-state index contributed by atoms with van der Waals surface area (Å²) in [5, 5.41) is 10.5. The van der Waals surface area contributed by atoms with Crippen LogP contribution in [0.25, 0.3) is 0 Å². The minimum Gasteiger partial charge on any atom is -0.390 e. The van der Waals surface area contributed by atoms with E-state index in [0.29, 0.717) is 42.7 Å². The average Bonchev–Trinajstić information content (AvgIpc) is 2.43. The number of halogens is 2. The van der Waals surface area contributed by atoms with Crippen molar-refractivity contribution in [2.75, 3.05) is 19.8 Å². The van der Waals surface area contributed by atoms with E-state index in [1.165, 1.54) is 6.07 Å². The van der Waals surface area contributed by atoms with Gasteiger partial charge in [-0.05, 0) is 24.6 Å². The van der Waals surface area contributed by atoms with Crippen LogP contribution in [0.2, 0.25) is 0 Å². The monoisotopic (exact) mass is 346 g/mol. The lowest BCUT2D eigenvalue weighted by molar-refractivity contribution is -0.165. The Bertz CT molecular complexity index is 441. The van der Waals surface area contributed by atoms with Crippen LogP contribution in [0, 0.1) is 5.82 Å². The standard InChI is InChI=1S/C15H20BrFO3/c1-2-20-15(5-7-19-8-6-15)14(18)9-11-3-4-12(16)10-13(11)17/h3-4,10,14,18H,2,5-9H2,1H3. The molecule has 1 aliphatic heterocycles. The topological polar surface area (TPSA) is 38.7 Å².